The van der Waals surface area contributed by atoms with Crippen LogP contribution in [0.25, 0.3) is 0 Å². The summed E-state index contributed by atoms with van der Waals surface area (Å²) in [5, 5.41) is 4.97. The monoisotopic (exact) mass is 522 g/mol. The Hall–Kier alpha value is -3.23. The van der Waals surface area contributed by atoms with Gasteiger partial charge >= 0.3 is 6.03 Å². The number of nitrogens with one attached hydrogen (secondary N) is 1. The van der Waals surface area contributed by atoms with E-state index in [1.807, 2.05) is 49.6 Å². The van der Waals surface area contributed by atoms with Crippen LogP contribution in [0.15, 0.2) is 60.0 Å². The van der Waals surface area contributed by atoms with Crippen molar-refractivity contribution in [1.82, 2.24) is 14.7 Å². The van der Waals surface area contributed by atoms with Crippen LogP contribution in [-0.2, 0) is 17.9 Å². The van der Waals surface area contributed by atoms with E-state index in [0.29, 0.717) is 25.3 Å². The summed E-state index contributed by atoms with van der Waals surface area (Å²) in [4.78, 5) is 33.8. The zero-order valence-electron chi connectivity index (χ0n) is 21.6. The lowest BCUT2D eigenvalue weighted by Crippen LogP contribution is -2.46. The highest BCUT2D eigenvalue weighted by Crippen LogP contribution is 2.20. The summed E-state index contributed by atoms with van der Waals surface area (Å²) < 4.78 is 13.5. The van der Waals surface area contributed by atoms with Crippen molar-refractivity contribution in [3.63, 3.8) is 0 Å². The third-order valence-corrected chi connectivity index (χ3v) is 7.75. The van der Waals surface area contributed by atoms with Gasteiger partial charge in [-0.05, 0) is 86.6 Å². The van der Waals surface area contributed by atoms with E-state index < -0.39 is 0 Å². The van der Waals surface area contributed by atoms with Crippen LogP contribution in [0.3, 0.4) is 0 Å². The fourth-order valence-electron chi connectivity index (χ4n) is 4.41. The molecule has 0 unspecified atom stereocenters. The van der Waals surface area contributed by atoms with Crippen molar-refractivity contribution in [2.45, 2.75) is 39.8 Å². The molecular formula is C29H35FN4O2S. The number of urea groups is 1. The molecule has 8 heteroatoms. The molecule has 0 aliphatic carbocycles. The maximum Gasteiger partial charge on any atom is 0.322 e. The predicted octanol–water partition coefficient (Wildman–Crippen LogP) is 5.66. The molecule has 0 radical (unpaired) electrons. The number of aryl methyl sites for hydroxylation is 2. The first-order valence-electron chi connectivity index (χ1n) is 12.8. The van der Waals surface area contributed by atoms with Gasteiger partial charge in [0.1, 0.15) is 12.4 Å². The van der Waals surface area contributed by atoms with Gasteiger partial charge in [-0.15, -0.1) is 11.3 Å². The molecule has 0 atom stereocenters. The Morgan fingerprint density at radius 1 is 0.946 bits per heavy atom. The maximum absolute atomic E-state index is 13.7. The Kier molecular flexibility index (Phi) is 9.30. The van der Waals surface area contributed by atoms with Gasteiger partial charge in [0.2, 0.25) is 5.91 Å². The average molecular weight is 523 g/mol. The Morgan fingerprint density at radius 2 is 1.65 bits per heavy atom. The second kappa shape index (κ2) is 12.8. The van der Waals surface area contributed by atoms with Crippen LogP contribution in [0, 0.1) is 19.7 Å². The number of rotatable bonds is 10. The van der Waals surface area contributed by atoms with Gasteiger partial charge in [0.05, 0.1) is 6.54 Å². The average Bonchev–Trinajstić information content (AvgIpc) is 3.55. The molecule has 1 fully saturated rings. The highest BCUT2D eigenvalue weighted by Gasteiger charge is 2.24. The SMILES string of the molecule is Cc1ccc(NC(=O)N(CCN2CCCC2)CC(=O)N(Cc2ccc(F)cc2)Cc2sccc2C)cc1. The lowest BCUT2D eigenvalue weighted by Gasteiger charge is -2.29. The molecule has 0 bridgehead atoms. The number of halogens is 1. The minimum absolute atomic E-state index is 0.0306. The third kappa shape index (κ3) is 7.87. The van der Waals surface area contributed by atoms with Crippen LogP contribution in [0.2, 0.25) is 0 Å². The summed E-state index contributed by atoms with van der Waals surface area (Å²) in [7, 11) is 0. The minimum atomic E-state index is -0.309. The van der Waals surface area contributed by atoms with Crippen LogP contribution in [0.4, 0.5) is 14.9 Å². The number of hydrogen-bond donors (Lipinski definition) is 1. The molecule has 6 nitrogen and oxygen atoms in total. The molecule has 3 amide bonds. The second-order valence-electron chi connectivity index (χ2n) is 9.67. The third-order valence-electron chi connectivity index (χ3n) is 6.74. The van der Waals surface area contributed by atoms with Gasteiger partial charge < -0.3 is 20.0 Å². The zero-order chi connectivity index (χ0) is 26.2. The van der Waals surface area contributed by atoms with Gasteiger partial charge in [-0.1, -0.05) is 29.8 Å². The molecular weight excluding hydrogens is 487 g/mol. The number of benzene rings is 2. The molecule has 1 saturated heterocycles. The van der Waals surface area contributed by atoms with Crippen LogP contribution < -0.4 is 5.32 Å². The molecule has 1 aromatic heterocycles. The summed E-state index contributed by atoms with van der Waals surface area (Å²) >= 11 is 1.61. The van der Waals surface area contributed by atoms with E-state index in [2.05, 4.69) is 10.2 Å². The van der Waals surface area contributed by atoms with E-state index >= 15 is 0 Å². The topological polar surface area (TPSA) is 55.9 Å². The second-order valence-corrected chi connectivity index (χ2v) is 10.7. The summed E-state index contributed by atoms with van der Waals surface area (Å²) in [6, 6.07) is 15.6. The number of carbonyl (C=O) groups is 2. The van der Waals surface area contributed by atoms with Crippen LogP contribution in [-0.4, -0.2) is 59.4 Å². The molecule has 3 aromatic rings. The number of likely N-dealkylation sites (tertiary alicyclic amines) is 1. The van der Waals surface area contributed by atoms with E-state index in [0.717, 1.165) is 41.2 Å². The highest BCUT2D eigenvalue weighted by molar-refractivity contribution is 7.10. The fourth-order valence-corrected chi connectivity index (χ4v) is 5.33. The molecule has 2 heterocycles. The Morgan fingerprint density at radius 3 is 2.30 bits per heavy atom. The van der Waals surface area contributed by atoms with Gasteiger partial charge in [-0.3, -0.25) is 4.79 Å². The van der Waals surface area contributed by atoms with Crippen molar-refractivity contribution < 1.29 is 14.0 Å². The van der Waals surface area contributed by atoms with Gasteiger partial charge in [-0.25, -0.2) is 9.18 Å². The molecule has 196 valence electrons. The first-order valence-corrected chi connectivity index (χ1v) is 13.7. The largest absolute Gasteiger partial charge is 0.332 e. The number of thiophene rings is 1. The number of carbonyl (C=O) groups excluding carboxylic acids is 2. The fraction of sp³-hybridized carbons (Fsp3) is 0.379. The van der Waals surface area contributed by atoms with E-state index in [1.165, 1.54) is 25.0 Å². The van der Waals surface area contributed by atoms with Crippen molar-refractivity contribution in [2.75, 3.05) is 38.0 Å². The Balaban J connectivity index is 1.50. The van der Waals surface area contributed by atoms with Gasteiger partial charge in [0.25, 0.3) is 0 Å². The summed E-state index contributed by atoms with van der Waals surface area (Å²) in [6.45, 7) is 8.03. The van der Waals surface area contributed by atoms with Gasteiger partial charge in [0.15, 0.2) is 0 Å². The molecule has 37 heavy (non-hydrogen) atoms. The Labute approximate surface area is 222 Å². The van der Waals surface area contributed by atoms with Gasteiger partial charge in [-0.2, -0.15) is 0 Å². The van der Waals surface area contributed by atoms with Gasteiger partial charge in [0, 0.05) is 30.2 Å². The minimum Gasteiger partial charge on any atom is -0.332 e. The normalized spacial score (nSPS) is 13.5. The summed E-state index contributed by atoms with van der Waals surface area (Å²) in [5.74, 6) is -0.450. The van der Waals surface area contributed by atoms with E-state index in [1.54, 1.807) is 33.3 Å². The first-order chi connectivity index (χ1) is 17.9. The molecule has 1 N–H and O–H groups in total. The molecule has 2 aromatic carbocycles. The standard InChI is InChI=1S/C29H35FN4O2S/c1-22-5-11-26(12-6-22)31-29(36)33(17-16-32-14-3-4-15-32)21-28(35)34(20-27-23(2)13-18-37-27)19-24-7-9-25(30)10-8-24/h5-13,18H,3-4,14-17,19-21H2,1-2H3,(H,31,36). The number of hydrogen-bond acceptors (Lipinski definition) is 4. The molecule has 1 aliphatic rings. The van der Waals surface area contributed by atoms with Crippen molar-refractivity contribution in [2.24, 2.45) is 0 Å². The molecule has 1 aliphatic heterocycles. The molecule has 0 spiro atoms. The quantitative estimate of drug-likeness (QED) is 0.374. The van der Waals surface area contributed by atoms with Crippen molar-refractivity contribution in [1.29, 1.82) is 0 Å². The van der Waals surface area contributed by atoms with Crippen LogP contribution in [0.1, 0.15) is 34.4 Å². The predicted molar refractivity (Wildman–Crippen MR) is 147 cm³/mol. The van der Waals surface area contributed by atoms with Crippen molar-refractivity contribution in [3.05, 3.63) is 87.4 Å². The Bertz CT molecular complexity index is 1170. The van der Waals surface area contributed by atoms with Crippen LogP contribution >= 0.6 is 11.3 Å². The van der Waals surface area contributed by atoms with E-state index in [9.17, 15) is 14.0 Å². The number of amides is 3. The summed E-state index contributed by atoms with van der Waals surface area (Å²) in [5.41, 5.74) is 3.78. The van der Waals surface area contributed by atoms with E-state index in [4.69, 9.17) is 0 Å². The number of nitrogens with zero attached hydrogens (tertiary/aromatic N) is 3. The van der Waals surface area contributed by atoms with Crippen molar-refractivity contribution in [3.8, 4) is 0 Å². The number of anilines is 1. The lowest BCUT2D eigenvalue weighted by molar-refractivity contribution is -0.133. The lowest BCUT2D eigenvalue weighted by atomic mass is 10.2. The molecule has 4 rings (SSSR count). The van der Waals surface area contributed by atoms with Crippen LogP contribution in [0.5, 0.6) is 0 Å². The smallest absolute Gasteiger partial charge is 0.322 e. The molecule has 0 saturated carbocycles. The maximum atomic E-state index is 13.7. The zero-order valence-corrected chi connectivity index (χ0v) is 22.4. The first kappa shape index (κ1) is 26.8. The van der Waals surface area contributed by atoms with E-state index in [-0.39, 0.29) is 24.3 Å². The van der Waals surface area contributed by atoms with Crippen molar-refractivity contribution >= 4 is 29.0 Å². The summed E-state index contributed by atoms with van der Waals surface area (Å²) in [6.07, 6.45) is 2.33. The highest BCUT2D eigenvalue weighted by atomic mass is 32.1.